The highest BCUT2D eigenvalue weighted by Crippen LogP contribution is 2.29. The van der Waals surface area contributed by atoms with Gasteiger partial charge >= 0.3 is 0 Å². The van der Waals surface area contributed by atoms with Crippen LogP contribution in [0.1, 0.15) is 13.0 Å². The number of rotatable bonds is 3. The van der Waals surface area contributed by atoms with Gasteiger partial charge in [-0.1, -0.05) is 27.5 Å². The molecule has 1 aromatic carbocycles. The van der Waals surface area contributed by atoms with Crippen LogP contribution in [0.25, 0.3) is 0 Å². The summed E-state index contributed by atoms with van der Waals surface area (Å²) in [6.07, 6.45) is 2.91. The fourth-order valence-corrected chi connectivity index (χ4v) is 2.48. The molecule has 0 fully saturated rings. The van der Waals surface area contributed by atoms with Crippen LogP contribution in [-0.2, 0) is 4.79 Å². The van der Waals surface area contributed by atoms with Crippen LogP contribution in [0, 0.1) is 0 Å². The lowest BCUT2D eigenvalue weighted by atomic mass is 10.2. The Bertz CT molecular complexity index is 587. The summed E-state index contributed by atoms with van der Waals surface area (Å²) in [4.78, 5) is 17.7. The number of carbonyl (C=O) groups is 1. The fourth-order valence-electron chi connectivity index (χ4n) is 1.68. The number of aromatic nitrogens is 3. The van der Waals surface area contributed by atoms with E-state index < -0.39 is 6.04 Å². The molecule has 1 aromatic heterocycles. The van der Waals surface area contributed by atoms with Crippen molar-refractivity contribution in [2.75, 3.05) is 11.9 Å². The molecule has 1 amide bonds. The Labute approximate surface area is 124 Å². The van der Waals surface area contributed by atoms with Crippen LogP contribution in [0.5, 0.6) is 0 Å². The Morgan fingerprint density at radius 3 is 2.84 bits per heavy atom. The largest absolute Gasteiger partial charge is 0.312 e. The third-order valence-corrected chi connectivity index (χ3v) is 3.59. The first-order valence-corrected chi connectivity index (χ1v) is 6.74. The minimum absolute atomic E-state index is 0.116. The molecule has 0 radical (unpaired) electrons. The van der Waals surface area contributed by atoms with Gasteiger partial charge in [0.15, 0.2) is 0 Å². The minimum Gasteiger partial charge on any atom is -0.312 e. The standard InChI is InChI=1S/C12H12BrClN4O/c1-8(18-7-15-6-16-18)12(19)17(2)11-4-3-9(13)5-10(11)14/h3-8H,1-2H3/t8-/m0/s1. The van der Waals surface area contributed by atoms with Gasteiger partial charge in [-0.05, 0) is 25.1 Å². The second-order valence-corrected chi connectivity index (χ2v) is 5.37. The van der Waals surface area contributed by atoms with E-state index in [1.165, 1.54) is 22.2 Å². The molecule has 5 nitrogen and oxygen atoms in total. The molecule has 0 unspecified atom stereocenters. The maximum atomic E-state index is 12.3. The molecule has 0 N–H and O–H groups in total. The van der Waals surface area contributed by atoms with Crippen LogP contribution in [0.3, 0.4) is 0 Å². The topological polar surface area (TPSA) is 51.0 Å². The van der Waals surface area contributed by atoms with Crippen molar-refractivity contribution >= 4 is 39.1 Å². The zero-order chi connectivity index (χ0) is 14.0. The minimum atomic E-state index is -0.438. The van der Waals surface area contributed by atoms with Crippen molar-refractivity contribution in [2.45, 2.75) is 13.0 Å². The Hall–Kier alpha value is -1.40. The van der Waals surface area contributed by atoms with Gasteiger partial charge in [0, 0.05) is 11.5 Å². The summed E-state index contributed by atoms with van der Waals surface area (Å²) in [6, 6.07) is 4.94. The van der Waals surface area contributed by atoms with Gasteiger partial charge in [-0.3, -0.25) is 4.79 Å². The molecule has 0 saturated carbocycles. The molecular formula is C12H12BrClN4O. The van der Waals surface area contributed by atoms with Crippen molar-refractivity contribution in [3.8, 4) is 0 Å². The zero-order valence-corrected chi connectivity index (χ0v) is 12.8. The lowest BCUT2D eigenvalue weighted by Gasteiger charge is -2.22. The van der Waals surface area contributed by atoms with Crippen molar-refractivity contribution in [1.82, 2.24) is 14.8 Å². The van der Waals surface area contributed by atoms with E-state index >= 15 is 0 Å². The second-order valence-electron chi connectivity index (χ2n) is 4.04. The SMILES string of the molecule is C[C@@H](C(=O)N(C)c1ccc(Br)cc1Cl)n1cncn1. The van der Waals surface area contributed by atoms with Crippen LogP contribution in [0.15, 0.2) is 35.3 Å². The molecule has 2 aromatic rings. The molecule has 1 atom stereocenters. The van der Waals surface area contributed by atoms with Gasteiger partial charge < -0.3 is 4.90 Å². The van der Waals surface area contributed by atoms with Crippen molar-refractivity contribution in [3.05, 3.63) is 40.3 Å². The van der Waals surface area contributed by atoms with E-state index in [1.54, 1.807) is 26.1 Å². The molecule has 0 aliphatic heterocycles. The van der Waals surface area contributed by atoms with Gasteiger partial charge in [0.05, 0.1) is 10.7 Å². The Morgan fingerprint density at radius 1 is 1.53 bits per heavy atom. The number of likely N-dealkylation sites (N-methyl/N-ethyl adjacent to an activating group) is 1. The summed E-state index contributed by atoms with van der Waals surface area (Å²) in [7, 11) is 1.69. The maximum absolute atomic E-state index is 12.3. The van der Waals surface area contributed by atoms with Gasteiger partial charge in [-0.15, -0.1) is 0 Å². The monoisotopic (exact) mass is 342 g/mol. The second kappa shape index (κ2) is 5.71. The van der Waals surface area contributed by atoms with Gasteiger partial charge in [0.25, 0.3) is 5.91 Å². The summed E-state index contributed by atoms with van der Waals surface area (Å²) < 4.78 is 2.37. The molecule has 7 heteroatoms. The molecule has 19 heavy (non-hydrogen) atoms. The number of benzene rings is 1. The predicted octanol–water partition coefficient (Wildman–Crippen LogP) is 2.92. The average Bonchev–Trinajstić information content (AvgIpc) is 2.90. The Balaban J connectivity index is 2.24. The highest BCUT2D eigenvalue weighted by Gasteiger charge is 2.22. The summed E-state index contributed by atoms with van der Waals surface area (Å²) >= 11 is 9.47. The predicted molar refractivity (Wildman–Crippen MR) is 77.3 cm³/mol. The third-order valence-electron chi connectivity index (χ3n) is 2.79. The maximum Gasteiger partial charge on any atom is 0.251 e. The van der Waals surface area contributed by atoms with Crippen LogP contribution in [-0.4, -0.2) is 27.7 Å². The number of nitrogens with zero attached hydrogens (tertiary/aromatic N) is 4. The lowest BCUT2D eigenvalue weighted by molar-refractivity contribution is -0.121. The summed E-state index contributed by atoms with van der Waals surface area (Å²) in [6.45, 7) is 1.76. The molecule has 1 heterocycles. The smallest absolute Gasteiger partial charge is 0.251 e. The quantitative estimate of drug-likeness (QED) is 0.861. The van der Waals surface area contributed by atoms with E-state index in [0.717, 1.165) is 4.47 Å². The molecular weight excluding hydrogens is 332 g/mol. The van der Waals surface area contributed by atoms with E-state index in [0.29, 0.717) is 10.7 Å². The van der Waals surface area contributed by atoms with E-state index in [-0.39, 0.29) is 5.91 Å². The van der Waals surface area contributed by atoms with Gasteiger partial charge in [0.2, 0.25) is 0 Å². The van der Waals surface area contributed by atoms with Crippen molar-refractivity contribution < 1.29 is 4.79 Å². The number of anilines is 1. The van der Waals surface area contributed by atoms with Gasteiger partial charge in [-0.2, -0.15) is 5.10 Å². The normalized spacial score (nSPS) is 12.2. The molecule has 100 valence electrons. The van der Waals surface area contributed by atoms with Crippen LogP contribution in [0.4, 0.5) is 5.69 Å². The molecule has 0 aliphatic rings. The Kier molecular flexibility index (Phi) is 4.21. The van der Waals surface area contributed by atoms with Crippen molar-refractivity contribution in [2.24, 2.45) is 0 Å². The molecule has 0 spiro atoms. The first-order chi connectivity index (χ1) is 9.00. The van der Waals surface area contributed by atoms with E-state index in [9.17, 15) is 4.79 Å². The number of hydrogen-bond donors (Lipinski definition) is 0. The lowest BCUT2D eigenvalue weighted by Crippen LogP contribution is -2.33. The third kappa shape index (κ3) is 2.96. The molecule has 2 rings (SSSR count). The summed E-state index contributed by atoms with van der Waals surface area (Å²) in [5.74, 6) is -0.116. The molecule has 0 bridgehead atoms. The van der Waals surface area contributed by atoms with Crippen LogP contribution in [0.2, 0.25) is 5.02 Å². The fraction of sp³-hybridized carbons (Fsp3) is 0.250. The molecule has 0 saturated heterocycles. The summed E-state index contributed by atoms with van der Waals surface area (Å²) in [5.41, 5.74) is 0.654. The number of amides is 1. The highest BCUT2D eigenvalue weighted by atomic mass is 79.9. The van der Waals surface area contributed by atoms with Crippen molar-refractivity contribution in [3.63, 3.8) is 0 Å². The van der Waals surface area contributed by atoms with Gasteiger partial charge in [-0.25, -0.2) is 9.67 Å². The van der Waals surface area contributed by atoms with E-state index in [4.69, 9.17) is 11.6 Å². The van der Waals surface area contributed by atoms with Crippen molar-refractivity contribution in [1.29, 1.82) is 0 Å². The Morgan fingerprint density at radius 2 is 2.26 bits per heavy atom. The van der Waals surface area contributed by atoms with E-state index in [1.807, 2.05) is 6.07 Å². The zero-order valence-electron chi connectivity index (χ0n) is 10.4. The molecule has 0 aliphatic carbocycles. The number of hydrogen-bond acceptors (Lipinski definition) is 3. The van der Waals surface area contributed by atoms with Gasteiger partial charge in [0.1, 0.15) is 18.7 Å². The van der Waals surface area contributed by atoms with Crippen LogP contribution < -0.4 is 4.90 Å². The highest BCUT2D eigenvalue weighted by molar-refractivity contribution is 9.10. The number of halogens is 2. The first-order valence-electron chi connectivity index (χ1n) is 5.57. The van der Waals surface area contributed by atoms with Crippen LogP contribution >= 0.6 is 27.5 Å². The number of carbonyl (C=O) groups excluding carboxylic acids is 1. The van der Waals surface area contributed by atoms with E-state index in [2.05, 4.69) is 26.0 Å². The summed E-state index contributed by atoms with van der Waals surface area (Å²) in [5, 5.41) is 4.48. The average molecular weight is 344 g/mol. The first kappa shape index (κ1) is 14.0.